The molecule has 19 heavy (non-hydrogen) atoms. The predicted molar refractivity (Wildman–Crippen MR) is 70.2 cm³/mol. The standard InChI is InChI=1S/C14H18F2N2O/c1-8-4-9(2)18(7-8)14(19)10-5-11(15)13(17-3)12(16)6-10/h5-6,8-9,17H,4,7H2,1-3H3. The van der Waals surface area contributed by atoms with E-state index in [1.165, 1.54) is 7.05 Å². The zero-order valence-electron chi connectivity index (χ0n) is 11.3. The van der Waals surface area contributed by atoms with Crippen molar-refractivity contribution < 1.29 is 13.6 Å². The summed E-state index contributed by atoms with van der Waals surface area (Å²) in [6, 6.07) is 2.29. The second-order valence-electron chi connectivity index (χ2n) is 5.21. The molecular weight excluding hydrogens is 250 g/mol. The Labute approximate surface area is 111 Å². The van der Waals surface area contributed by atoms with Crippen molar-refractivity contribution in [3.8, 4) is 0 Å². The van der Waals surface area contributed by atoms with Crippen LogP contribution < -0.4 is 5.32 Å². The first-order valence-corrected chi connectivity index (χ1v) is 6.41. The molecule has 1 heterocycles. The summed E-state index contributed by atoms with van der Waals surface area (Å²) in [6.07, 6.45) is 0.922. The highest BCUT2D eigenvalue weighted by molar-refractivity contribution is 5.95. The van der Waals surface area contributed by atoms with Crippen molar-refractivity contribution in [3.63, 3.8) is 0 Å². The molecule has 1 aromatic carbocycles. The van der Waals surface area contributed by atoms with Crippen molar-refractivity contribution in [2.45, 2.75) is 26.3 Å². The van der Waals surface area contributed by atoms with E-state index in [2.05, 4.69) is 12.2 Å². The van der Waals surface area contributed by atoms with E-state index < -0.39 is 11.6 Å². The molecule has 1 aliphatic rings. The average Bonchev–Trinajstić information content (AvgIpc) is 2.67. The fourth-order valence-corrected chi connectivity index (χ4v) is 2.68. The van der Waals surface area contributed by atoms with Crippen LogP contribution >= 0.6 is 0 Å². The minimum absolute atomic E-state index is 0.0648. The highest BCUT2D eigenvalue weighted by atomic mass is 19.1. The third-order valence-corrected chi connectivity index (χ3v) is 3.58. The molecule has 2 rings (SSSR count). The summed E-state index contributed by atoms with van der Waals surface area (Å²) >= 11 is 0. The molecule has 1 fully saturated rings. The number of amides is 1. The number of benzene rings is 1. The first-order chi connectivity index (χ1) is 8.93. The summed E-state index contributed by atoms with van der Waals surface area (Å²) in [5.41, 5.74) is -0.144. The van der Waals surface area contributed by atoms with E-state index in [4.69, 9.17) is 0 Å². The maximum absolute atomic E-state index is 13.7. The Hall–Kier alpha value is -1.65. The van der Waals surface area contributed by atoms with Crippen LogP contribution in [-0.2, 0) is 0 Å². The summed E-state index contributed by atoms with van der Waals surface area (Å²) < 4.78 is 27.3. The summed E-state index contributed by atoms with van der Waals surface area (Å²) in [7, 11) is 1.44. The Bertz CT molecular complexity index is 481. The topological polar surface area (TPSA) is 32.3 Å². The normalized spacial score (nSPS) is 22.7. The van der Waals surface area contributed by atoms with E-state index >= 15 is 0 Å². The van der Waals surface area contributed by atoms with Crippen molar-refractivity contribution in [1.82, 2.24) is 4.90 Å². The average molecular weight is 268 g/mol. The fourth-order valence-electron chi connectivity index (χ4n) is 2.68. The SMILES string of the molecule is CNc1c(F)cc(C(=O)N2CC(C)CC2C)cc1F. The monoisotopic (exact) mass is 268 g/mol. The van der Waals surface area contributed by atoms with Gasteiger partial charge in [0.15, 0.2) is 0 Å². The number of carbonyl (C=O) groups excluding carboxylic acids is 1. The van der Waals surface area contributed by atoms with E-state index in [1.54, 1.807) is 4.90 Å². The first-order valence-electron chi connectivity index (χ1n) is 6.41. The zero-order chi connectivity index (χ0) is 14.2. The molecule has 1 saturated heterocycles. The Morgan fingerprint density at radius 2 is 1.89 bits per heavy atom. The number of nitrogens with one attached hydrogen (secondary N) is 1. The zero-order valence-corrected chi connectivity index (χ0v) is 11.3. The van der Waals surface area contributed by atoms with Gasteiger partial charge in [-0.3, -0.25) is 4.79 Å². The van der Waals surface area contributed by atoms with E-state index in [-0.39, 0.29) is 23.2 Å². The largest absolute Gasteiger partial charge is 0.383 e. The molecule has 0 aliphatic carbocycles. The number of halogens is 2. The van der Waals surface area contributed by atoms with E-state index in [0.29, 0.717) is 12.5 Å². The molecule has 0 radical (unpaired) electrons. The van der Waals surface area contributed by atoms with Crippen molar-refractivity contribution in [3.05, 3.63) is 29.3 Å². The molecule has 5 heteroatoms. The molecule has 1 amide bonds. The second kappa shape index (κ2) is 5.15. The third-order valence-electron chi connectivity index (χ3n) is 3.58. The number of hydrogen-bond donors (Lipinski definition) is 1. The number of anilines is 1. The lowest BCUT2D eigenvalue weighted by molar-refractivity contribution is 0.0743. The molecule has 104 valence electrons. The highest BCUT2D eigenvalue weighted by Gasteiger charge is 2.31. The van der Waals surface area contributed by atoms with Gasteiger partial charge in [-0.25, -0.2) is 8.78 Å². The van der Waals surface area contributed by atoms with Crippen molar-refractivity contribution in [2.24, 2.45) is 5.92 Å². The number of hydrogen-bond acceptors (Lipinski definition) is 2. The van der Waals surface area contributed by atoms with Crippen LogP contribution in [0.4, 0.5) is 14.5 Å². The van der Waals surface area contributed by atoms with Crippen molar-refractivity contribution in [1.29, 1.82) is 0 Å². The van der Waals surface area contributed by atoms with Gasteiger partial charge in [0.2, 0.25) is 0 Å². The van der Waals surface area contributed by atoms with Crippen molar-refractivity contribution >= 4 is 11.6 Å². The molecule has 0 bridgehead atoms. The number of likely N-dealkylation sites (tertiary alicyclic amines) is 1. The maximum Gasteiger partial charge on any atom is 0.254 e. The lowest BCUT2D eigenvalue weighted by Crippen LogP contribution is -2.34. The molecule has 3 nitrogen and oxygen atoms in total. The van der Waals surface area contributed by atoms with Gasteiger partial charge in [0.25, 0.3) is 5.91 Å². The quantitative estimate of drug-likeness (QED) is 0.894. The summed E-state index contributed by atoms with van der Waals surface area (Å²) in [5, 5.41) is 2.44. The summed E-state index contributed by atoms with van der Waals surface area (Å²) in [5.74, 6) is -1.38. The summed E-state index contributed by atoms with van der Waals surface area (Å²) in [4.78, 5) is 14.0. The van der Waals surface area contributed by atoms with Gasteiger partial charge >= 0.3 is 0 Å². The molecule has 1 aliphatic heterocycles. The molecule has 0 spiro atoms. The third kappa shape index (κ3) is 2.55. The van der Waals surface area contributed by atoms with Crippen LogP contribution in [0.25, 0.3) is 0 Å². The van der Waals surface area contributed by atoms with Gasteiger partial charge in [-0.2, -0.15) is 0 Å². The molecule has 1 N–H and O–H groups in total. The first kappa shape index (κ1) is 13.8. The van der Waals surface area contributed by atoms with Gasteiger partial charge in [-0.1, -0.05) is 6.92 Å². The fraction of sp³-hybridized carbons (Fsp3) is 0.500. The van der Waals surface area contributed by atoms with Gasteiger partial charge in [-0.05, 0) is 31.4 Å². The number of rotatable bonds is 2. The van der Waals surface area contributed by atoms with Crippen LogP contribution in [0.5, 0.6) is 0 Å². The minimum Gasteiger partial charge on any atom is -0.383 e. The molecule has 2 unspecified atom stereocenters. The van der Waals surface area contributed by atoms with Crippen LogP contribution in [-0.4, -0.2) is 30.4 Å². The van der Waals surface area contributed by atoms with Gasteiger partial charge in [-0.15, -0.1) is 0 Å². The molecule has 1 aromatic rings. The van der Waals surface area contributed by atoms with Crippen LogP contribution in [0.2, 0.25) is 0 Å². The van der Waals surface area contributed by atoms with Crippen LogP contribution in [0.1, 0.15) is 30.6 Å². The Balaban J connectivity index is 2.30. The lowest BCUT2D eigenvalue weighted by atomic mass is 10.1. The van der Waals surface area contributed by atoms with E-state index in [0.717, 1.165) is 18.6 Å². The van der Waals surface area contributed by atoms with Gasteiger partial charge in [0, 0.05) is 25.2 Å². The molecule has 0 aromatic heterocycles. The smallest absolute Gasteiger partial charge is 0.254 e. The summed E-state index contributed by atoms with van der Waals surface area (Å²) in [6.45, 7) is 4.65. The maximum atomic E-state index is 13.7. The van der Waals surface area contributed by atoms with Crippen molar-refractivity contribution in [2.75, 3.05) is 18.9 Å². The predicted octanol–water partition coefficient (Wildman–Crippen LogP) is 2.88. The van der Waals surface area contributed by atoms with E-state index in [1.807, 2.05) is 6.92 Å². The number of nitrogens with zero attached hydrogens (tertiary/aromatic N) is 1. The van der Waals surface area contributed by atoms with Gasteiger partial charge in [0.05, 0.1) is 0 Å². The Morgan fingerprint density at radius 3 is 2.32 bits per heavy atom. The Kier molecular flexibility index (Phi) is 3.73. The second-order valence-corrected chi connectivity index (χ2v) is 5.21. The van der Waals surface area contributed by atoms with Gasteiger partial charge in [0.1, 0.15) is 17.3 Å². The molecule has 2 atom stereocenters. The minimum atomic E-state index is -0.745. The van der Waals surface area contributed by atoms with Crippen LogP contribution in [0, 0.1) is 17.6 Å². The Morgan fingerprint density at radius 1 is 1.32 bits per heavy atom. The van der Waals surface area contributed by atoms with Crippen LogP contribution in [0.15, 0.2) is 12.1 Å². The number of carbonyl (C=O) groups is 1. The highest BCUT2D eigenvalue weighted by Crippen LogP contribution is 2.26. The molecular formula is C14H18F2N2O. The molecule has 0 saturated carbocycles. The van der Waals surface area contributed by atoms with E-state index in [9.17, 15) is 13.6 Å². The van der Waals surface area contributed by atoms with Crippen LogP contribution in [0.3, 0.4) is 0 Å². The lowest BCUT2D eigenvalue weighted by Gasteiger charge is -2.21. The van der Waals surface area contributed by atoms with Gasteiger partial charge < -0.3 is 10.2 Å².